The highest BCUT2D eigenvalue weighted by atomic mass is 35.5. The van der Waals surface area contributed by atoms with Crippen molar-refractivity contribution < 1.29 is 4.92 Å². The number of aromatic amines is 1. The van der Waals surface area contributed by atoms with E-state index in [0.29, 0.717) is 10.6 Å². The first kappa shape index (κ1) is 66.1. The van der Waals surface area contributed by atoms with Crippen LogP contribution >= 0.6 is 42.7 Å². The normalized spacial score (nSPS) is 11.5. The Balaban J connectivity index is 0.000000105. The Bertz CT molecular complexity index is 6420. The number of benzene rings is 15. The molecule has 15 aromatic carbocycles. The molecule has 1 N–H and O–H groups in total. The van der Waals surface area contributed by atoms with E-state index in [1.165, 1.54) is 76.6 Å². The van der Waals surface area contributed by atoms with Crippen molar-refractivity contribution in [3.63, 3.8) is 0 Å². The van der Waals surface area contributed by atoms with Crippen molar-refractivity contribution in [1.29, 1.82) is 0 Å². The van der Waals surface area contributed by atoms with Crippen LogP contribution in [-0.4, -0.2) is 24.9 Å². The number of hydrogen-bond donors (Lipinski definition) is 1. The molecule has 105 heavy (non-hydrogen) atoms. The Morgan fingerprint density at radius 3 is 1.25 bits per heavy atom. The van der Waals surface area contributed by atoms with E-state index in [-0.39, 0.29) is 5.69 Å². The van der Waals surface area contributed by atoms with Crippen LogP contribution in [0.2, 0.25) is 15.1 Å². The molecule has 0 bridgehead atoms. The first-order valence-electron chi connectivity index (χ1n) is 34.6. The van der Waals surface area contributed by atoms with E-state index in [2.05, 4.69) is 248 Å². The number of nitrogens with zero attached hydrogens (tertiary/aromatic N) is 4. The first-order chi connectivity index (χ1) is 51.6. The predicted molar refractivity (Wildman–Crippen MR) is 444 cm³/mol. The fraction of sp³-hybridized carbons (Fsp3) is 0.0106. The molecule has 4 aromatic heterocycles. The SMILES string of the molecule is Clc1ccc2c(c1)Cc1c-2ccc2c1nc(-c1ccccc1)c1ccccc12.Clc1ccc2c(c1)[nH]c1cc3c(cc12)nc(-c1ccccc1)c1ccccc13.O=[N+]([O-])c1cc(Cl)ccc1-c1ccc2c(c1)nc(-c1ccccc1)c1ccccc12.c1ccc(P(c2ccccc2)c2ccccc2)cc1. The van der Waals surface area contributed by atoms with E-state index in [1.54, 1.807) is 12.1 Å². The summed E-state index contributed by atoms with van der Waals surface area (Å²) in [6.07, 6.45) is 0.877. The number of nitro benzene ring substituents is 1. The van der Waals surface area contributed by atoms with Crippen molar-refractivity contribution in [1.82, 2.24) is 19.9 Å². The molecule has 1 aliphatic carbocycles. The average molecular weight is 1430 g/mol. The number of hydrogen-bond acceptors (Lipinski definition) is 5. The lowest BCUT2D eigenvalue weighted by molar-refractivity contribution is -0.384. The second-order valence-electron chi connectivity index (χ2n) is 25.8. The van der Waals surface area contributed by atoms with Crippen LogP contribution in [0, 0.1) is 10.1 Å². The van der Waals surface area contributed by atoms with Crippen molar-refractivity contribution in [3.05, 3.63) is 388 Å². The third-order valence-electron chi connectivity index (χ3n) is 19.4. The number of nitro groups is 1. The van der Waals surface area contributed by atoms with E-state index in [9.17, 15) is 10.1 Å². The van der Waals surface area contributed by atoms with E-state index in [1.807, 2.05) is 91.0 Å². The largest absolute Gasteiger partial charge is 0.354 e. The lowest BCUT2D eigenvalue weighted by atomic mass is 9.96. The number of nitrogens with one attached hydrogen (secondary N) is 1. The van der Waals surface area contributed by atoms with Crippen molar-refractivity contribution in [2.45, 2.75) is 6.42 Å². The second-order valence-corrected chi connectivity index (χ2v) is 29.3. The Hall–Kier alpha value is -12.2. The molecule has 1 aliphatic rings. The fourth-order valence-electron chi connectivity index (χ4n) is 14.6. The summed E-state index contributed by atoms with van der Waals surface area (Å²) in [5.74, 6) is 0. The van der Waals surface area contributed by atoms with Crippen LogP contribution in [0.3, 0.4) is 0 Å². The van der Waals surface area contributed by atoms with Crippen molar-refractivity contribution >= 4 is 151 Å². The van der Waals surface area contributed by atoms with E-state index in [0.717, 1.165) is 110 Å². The molecule has 0 radical (unpaired) electrons. The van der Waals surface area contributed by atoms with Gasteiger partial charge in [0, 0.05) is 98.4 Å². The molecule has 0 atom stereocenters. The van der Waals surface area contributed by atoms with Gasteiger partial charge in [0.2, 0.25) is 0 Å². The summed E-state index contributed by atoms with van der Waals surface area (Å²) >= 11 is 18.4. The summed E-state index contributed by atoms with van der Waals surface area (Å²) in [6.45, 7) is 0. The van der Waals surface area contributed by atoms with E-state index >= 15 is 0 Å². The van der Waals surface area contributed by atoms with Gasteiger partial charge in [-0.2, -0.15) is 0 Å². The quantitative estimate of drug-likeness (QED) is 0.0707. The van der Waals surface area contributed by atoms with Crippen LogP contribution < -0.4 is 15.9 Å². The van der Waals surface area contributed by atoms with Gasteiger partial charge in [-0.05, 0) is 122 Å². The molecule has 0 saturated heterocycles. The van der Waals surface area contributed by atoms with Crippen LogP contribution in [0.25, 0.3) is 143 Å². The first-order valence-corrected chi connectivity index (χ1v) is 37.1. The summed E-state index contributed by atoms with van der Waals surface area (Å²) in [4.78, 5) is 29.9. The van der Waals surface area contributed by atoms with E-state index < -0.39 is 12.8 Å². The second kappa shape index (κ2) is 28.9. The Kier molecular flexibility index (Phi) is 18.2. The smallest absolute Gasteiger partial charge is 0.278 e. The van der Waals surface area contributed by atoms with Crippen LogP contribution in [0.5, 0.6) is 0 Å². The third-order valence-corrected chi connectivity index (χ3v) is 22.6. The van der Waals surface area contributed by atoms with Gasteiger partial charge in [-0.1, -0.05) is 326 Å². The predicted octanol–water partition coefficient (Wildman–Crippen LogP) is 25.4. The molecule has 0 fully saturated rings. The Morgan fingerprint density at radius 2 is 0.714 bits per heavy atom. The van der Waals surface area contributed by atoms with Gasteiger partial charge in [-0.15, -0.1) is 0 Å². The zero-order chi connectivity index (χ0) is 70.9. The molecule has 0 spiro atoms. The highest BCUT2D eigenvalue weighted by Gasteiger charge is 2.25. The van der Waals surface area contributed by atoms with Gasteiger partial charge in [0.05, 0.1) is 44.1 Å². The van der Waals surface area contributed by atoms with Gasteiger partial charge in [0.25, 0.3) is 5.69 Å². The van der Waals surface area contributed by atoms with Gasteiger partial charge in [0.15, 0.2) is 0 Å². The molecule has 4 heterocycles. The summed E-state index contributed by atoms with van der Waals surface area (Å²) in [5.41, 5.74) is 17.7. The molecule has 0 saturated carbocycles. The standard InChI is InChI=1S/C26H16ClN.C25H15ClN2O2.C25H15ClN2.C18H15P/c27-18-10-11-19-17(14-18)15-24-21(19)12-13-23-20-8-4-5-9-22(20)25(28-26(23)24)16-6-2-1-3-7-16;26-18-11-13-19(24(15-18)28(29)30)17-10-12-21-20-8-4-5-9-22(20)25(27-23(21)14-17)16-6-2-1-3-7-16;26-16-10-11-18-21-14-24-20(13-23(21)27-22(18)12-16)17-8-4-5-9-19(17)25(28-24)15-6-2-1-3-7-15;1-4-10-16(11-5-1)19(17-12-6-2-7-13-17)18-14-8-3-9-15-18/h1-14H,15H2;1-15H;1-14,27H;1-15H. The van der Waals surface area contributed by atoms with Crippen LogP contribution in [0.1, 0.15) is 11.1 Å². The molecule has 7 nitrogen and oxygen atoms in total. The maximum atomic E-state index is 11.6. The molecule has 11 heteroatoms. The summed E-state index contributed by atoms with van der Waals surface area (Å²) < 4.78 is 0. The lowest BCUT2D eigenvalue weighted by Gasteiger charge is -2.18. The minimum Gasteiger partial charge on any atom is -0.354 e. The number of H-pyrrole nitrogens is 1. The molecule has 0 amide bonds. The zero-order valence-corrected chi connectivity index (χ0v) is 59.5. The van der Waals surface area contributed by atoms with Gasteiger partial charge < -0.3 is 4.98 Å². The van der Waals surface area contributed by atoms with Crippen LogP contribution in [-0.2, 0) is 6.42 Å². The number of fused-ring (bicyclic) bond motifs is 16. The average Bonchev–Trinajstić information content (AvgIpc) is 1.72. The van der Waals surface area contributed by atoms with Crippen molar-refractivity contribution in [2.75, 3.05) is 0 Å². The number of halogens is 3. The summed E-state index contributed by atoms with van der Waals surface area (Å²) in [7, 11) is -0.446. The third kappa shape index (κ3) is 13.1. The monoisotopic (exact) mass is 1430 g/mol. The summed E-state index contributed by atoms with van der Waals surface area (Å²) in [6, 6.07) is 120. The van der Waals surface area contributed by atoms with Gasteiger partial charge in [0.1, 0.15) is 0 Å². The maximum absolute atomic E-state index is 11.6. The molecule has 19 aromatic rings. The highest BCUT2D eigenvalue weighted by molar-refractivity contribution is 7.79. The van der Waals surface area contributed by atoms with Gasteiger partial charge >= 0.3 is 0 Å². The van der Waals surface area contributed by atoms with Crippen molar-refractivity contribution in [3.8, 4) is 56.0 Å². The number of rotatable bonds is 8. The number of pyridine rings is 3. The zero-order valence-electron chi connectivity index (χ0n) is 56.4. The minimum absolute atomic E-state index is 0.0223. The molecule has 20 rings (SSSR count). The highest BCUT2D eigenvalue weighted by Crippen LogP contribution is 2.45. The fourth-order valence-corrected chi connectivity index (χ4v) is 17.5. The van der Waals surface area contributed by atoms with Crippen molar-refractivity contribution in [2.24, 2.45) is 0 Å². The van der Waals surface area contributed by atoms with Gasteiger partial charge in [-0.25, -0.2) is 15.0 Å². The van der Waals surface area contributed by atoms with Crippen LogP contribution in [0.15, 0.2) is 352 Å². The molecule has 0 unspecified atom stereocenters. The minimum atomic E-state index is -0.446. The van der Waals surface area contributed by atoms with E-state index in [4.69, 9.17) is 49.8 Å². The number of aromatic nitrogens is 4. The molecular weight excluding hydrogens is 1370 g/mol. The molecular formula is C94H61Cl3N5O2P. The Morgan fingerprint density at radius 1 is 0.314 bits per heavy atom. The Labute approximate surface area is 622 Å². The topological polar surface area (TPSA) is 97.6 Å². The van der Waals surface area contributed by atoms with Crippen LogP contribution in [0.4, 0.5) is 5.69 Å². The summed E-state index contributed by atoms with van der Waals surface area (Å²) in [5, 5.41) is 30.3. The molecule has 500 valence electrons. The maximum Gasteiger partial charge on any atom is 0.278 e. The molecule has 0 aliphatic heterocycles. The lowest BCUT2D eigenvalue weighted by Crippen LogP contribution is -2.20. The van der Waals surface area contributed by atoms with Gasteiger partial charge in [-0.3, -0.25) is 10.1 Å².